The SMILES string of the molecule is CC(O)C(NC(=O)C(N)Cc1cnc[nH]1)C(=O)NC(CC(=O)O)C(=O)NC(Cc1ccccc1)C(=O)O. The van der Waals surface area contributed by atoms with Crippen LogP contribution in [-0.4, -0.2) is 85.2 Å². The van der Waals surface area contributed by atoms with Crippen LogP contribution in [0, 0.1) is 0 Å². The Balaban J connectivity index is 2.09. The quantitative estimate of drug-likeness (QED) is 0.136. The molecule has 0 saturated carbocycles. The molecule has 14 nitrogen and oxygen atoms in total. The molecule has 2 rings (SSSR count). The molecule has 2 aromatic rings. The first-order chi connectivity index (χ1) is 17.5. The highest BCUT2D eigenvalue weighted by atomic mass is 16.4. The second kappa shape index (κ2) is 13.7. The summed E-state index contributed by atoms with van der Waals surface area (Å²) in [4.78, 5) is 67.7. The van der Waals surface area contributed by atoms with Gasteiger partial charge in [0.05, 0.1) is 24.9 Å². The van der Waals surface area contributed by atoms with E-state index in [1.54, 1.807) is 30.3 Å². The lowest BCUT2D eigenvalue weighted by molar-refractivity contribution is -0.143. The van der Waals surface area contributed by atoms with Crippen LogP contribution in [0.15, 0.2) is 42.9 Å². The van der Waals surface area contributed by atoms with Crippen LogP contribution < -0.4 is 21.7 Å². The zero-order valence-electron chi connectivity index (χ0n) is 20.0. The van der Waals surface area contributed by atoms with Crippen molar-refractivity contribution in [3.8, 4) is 0 Å². The van der Waals surface area contributed by atoms with Crippen LogP contribution in [0.1, 0.15) is 24.6 Å². The Labute approximate surface area is 211 Å². The first-order valence-electron chi connectivity index (χ1n) is 11.3. The van der Waals surface area contributed by atoms with Crippen LogP contribution in [0.4, 0.5) is 0 Å². The van der Waals surface area contributed by atoms with E-state index in [0.717, 1.165) is 0 Å². The van der Waals surface area contributed by atoms with Crippen molar-refractivity contribution in [1.29, 1.82) is 0 Å². The summed E-state index contributed by atoms with van der Waals surface area (Å²) in [6.07, 6.45) is 0.507. The Kier molecular flexibility index (Phi) is 10.7. The van der Waals surface area contributed by atoms with Crippen LogP contribution in [0.3, 0.4) is 0 Å². The van der Waals surface area contributed by atoms with Crippen LogP contribution in [-0.2, 0) is 36.8 Å². The van der Waals surface area contributed by atoms with Crippen molar-refractivity contribution in [1.82, 2.24) is 25.9 Å². The monoisotopic (exact) mass is 518 g/mol. The number of rotatable bonds is 14. The number of nitrogens with zero attached hydrogens (tertiary/aromatic N) is 1. The summed E-state index contributed by atoms with van der Waals surface area (Å²) in [7, 11) is 0. The fraction of sp³-hybridized carbons (Fsp3) is 0.391. The highest BCUT2D eigenvalue weighted by Gasteiger charge is 2.33. The number of carbonyl (C=O) groups is 5. The first-order valence-corrected chi connectivity index (χ1v) is 11.3. The summed E-state index contributed by atoms with van der Waals surface area (Å²) in [5, 5.41) is 35.5. The number of aliphatic hydroxyl groups is 1. The number of aromatic amines is 1. The maximum Gasteiger partial charge on any atom is 0.326 e. The molecule has 0 saturated heterocycles. The van der Waals surface area contributed by atoms with Crippen molar-refractivity contribution in [3.63, 3.8) is 0 Å². The van der Waals surface area contributed by atoms with Crippen molar-refractivity contribution >= 4 is 29.7 Å². The lowest BCUT2D eigenvalue weighted by Gasteiger charge is -2.26. The van der Waals surface area contributed by atoms with Gasteiger partial charge in [0.15, 0.2) is 0 Å². The number of hydrogen-bond donors (Lipinski definition) is 8. The van der Waals surface area contributed by atoms with E-state index in [4.69, 9.17) is 5.73 Å². The highest BCUT2D eigenvalue weighted by molar-refractivity contribution is 5.95. The smallest absolute Gasteiger partial charge is 0.326 e. The van der Waals surface area contributed by atoms with Crippen molar-refractivity contribution in [3.05, 3.63) is 54.1 Å². The molecular formula is C23H30N6O8. The van der Waals surface area contributed by atoms with Gasteiger partial charge >= 0.3 is 11.9 Å². The van der Waals surface area contributed by atoms with E-state index < -0.39 is 66.4 Å². The lowest BCUT2D eigenvalue weighted by atomic mass is 10.0. The second-order valence-corrected chi connectivity index (χ2v) is 8.36. The Morgan fingerprint density at radius 1 is 0.946 bits per heavy atom. The average molecular weight is 519 g/mol. The number of benzene rings is 1. The van der Waals surface area contributed by atoms with E-state index >= 15 is 0 Å². The van der Waals surface area contributed by atoms with Crippen molar-refractivity contribution in [2.75, 3.05) is 0 Å². The number of carboxylic acids is 2. The third-order valence-electron chi connectivity index (χ3n) is 5.30. The minimum Gasteiger partial charge on any atom is -0.481 e. The number of nitrogens with one attached hydrogen (secondary N) is 4. The molecule has 200 valence electrons. The molecule has 5 unspecified atom stereocenters. The molecule has 1 heterocycles. The van der Waals surface area contributed by atoms with Crippen molar-refractivity contribution in [2.45, 2.75) is 56.5 Å². The van der Waals surface area contributed by atoms with Crippen LogP contribution in [0.2, 0.25) is 0 Å². The Morgan fingerprint density at radius 2 is 1.59 bits per heavy atom. The van der Waals surface area contributed by atoms with Crippen LogP contribution in [0.25, 0.3) is 0 Å². The number of aliphatic carboxylic acids is 2. The van der Waals surface area contributed by atoms with Gasteiger partial charge in [-0.05, 0) is 12.5 Å². The highest BCUT2D eigenvalue weighted by Crippen LogP contribution is 2.06. The van der Waals surface area contributed by atoms with E-state index in [-0.39, 0.29) is 12.8 Å². The van der Waals surface area contributed by atoms with Gasteiger partial charge in [-0.15, -0.1) is 0 Å². The predicted octanol–water partition coefficient (Wildman–Crippen LogP) is -2.08. The molecule has 5 atom stereocenters. The maximum absolute atomic E-state index is 12.8. The Hall–Kier alpha value is -4.30. The maximum atomic E-state index is 12.8. The minimum atomic E-state index is -1.69. The number of carbonyl (C=O) groups excluding carboxylic acids is 3. The zero-order chi connectivity index (χ0) is 27.5. The number of hydrogen-bond acceptors (Lipinski definition) is 8. The molecule has 37 heavy (non-hydrogen) atoms. The summed E-state index contributed by atoms with van der Waals surface area (Å²) in [5.74, 6) is -5.73. The van der Waals surface area contributed by atoms with Gasteiger partial charge in [0.1, 0.15) is 18.1 Å². The van der Waals surface area contributed by atoms with Gasteiger partial charge in [0.2, 0.25) is 17.7 Å². The molecule has 0 aliphatic carbocycles. The van der Waals surface area contributed by atoms with Gasteiger partial charge in [0, 0.05) is 24.7 Å². The number of nitrogens with two attached hydrogens (primary N) is 1. The van der Waals surface area contributed by atoms with Crippen molar-refractivity contribution < 1.29 is 39.3 Å². The Morgan fingerprint density at radius 3 is 2.14 bits per heavy atom. The molecule has 3 amide bonds. The molecule has 14 heteroatoms. The number of H-pyrrole nitrogens is 1. The molecule has 0 aliphatic rings. The largest absolute Gasteiger partial charge is 0.481 e. The number of amides is 3. The van der Waals surface area contributed by atoms with E-state index in [0.29, 0.717) is 11.3 Å². The van der Waals surface area contributed by atoms with Gasteiger partial charge in [0.25, 0.3) is 0 Å². The number of aliphatic hydroxyl groups excluding tert-OH is 1. The van der Waals surface area contributed by atoms with Gasteiger partial charge in [-0.2, -0.15) is 0 Å². The molecule has 0 spiro atoms. The zero-order valence-corrected chi connectivity index (χ0v) is 20.0. The molecule has 9 N–H and O–H groups in total. The summed E-state index contributed by atoms with van der Waals surface area (Å²) in [6.45, 7) is 1.21. The summed E-state index contributed by atoms with van der Waals surface area (Å²) in [6, 6.07) is 2.64. The standard InChI is InChI=1S/C23H30N6O8/c1-12(30)19(29-20(33)15(24)8-14-10-25-11-26-14)22(35)27-16(9-18(31)32)21(34)28-17(23(36)37)7-13-5-3-2-4-6-13/h2-6,10-12,15-17,19,30H,7-9,24H2,1H3,(H,25,26)(H,27,35)(H,28,34)(H,29,33)(H,31,32)(H,36,37). The van der Waals surface area contributed by atoms with Crippen molar-refractivity contribution in [2.24, 2.45) is 5.73 Å². The van der Waals surface area contributed by atoms with Gasteiger partial charge in [-0.25, -0.2) is 9.78 Å². The molecule has 0 aliphatic heterocycles. The average Bonchev–Trinajstić information content (AvgIpc) is 3.34. The number of carboxylic acid groups (broad SMARTS) is 2. The number of aromatic nitrogens is 2. The van der Waals surface area contributed by atoms with E-state index in [2.05, 4.69) is 25.9 Å². The normalized spacial score (nSPS) is 14.9. The second-order valence-electron chi connectivity index (χ2n) is 8.36. The van der Waals surface area contributed by atoms with Gasteiger partial charge in [-0.3, -0.25) is 19.2 Å². The molecule has 1 aromatic heterocycles. The molecular weight excluding hydrogens is 488 g/mol. The fourth-order valence-corrected chi connectivity index (χ4v) is 3.36. The van der Waals surface area contributed by atoms with E-state index in [9.17, 15) is 39.3 Å². The van der Waals surface area contributed by atoms with Crippen LogP contribution in [0.5, 0.6) is 0 Å². The molecule has 0 bridgehead atoms. The third-order valence-corrected chi connectivity index (χ3v) is 5.30. The van der Waals surface area contributed by atoms with Crippen LogP contribution >= 0.6 is 0 Å². The first kappa shape index (κ1) is 28.9. The molecule has 0 fully saturated rings. The topological polar surface area (TPSA) is 237 Å². The molecule has 1 aromatic carbocycles. The van der Waals surface area contributed by atoms with E-state index in [1.165, 1.54) is 19.4 Å². The summed E-state index contributed by atoms with van der Waals surface area (Å²) < 4.78 is 0. The summed E-state index contributed by atoms with van der Waals surface area (Å²) in [5.41, 5.74) is 7.01. The number of imidazole rings is 1. The molecule has 0 radical (unpaired) electrons. The van der Waals surface area contributed by atoms with E-state index in [1.807, 2.05) is 0 Å². The predicted molar refractivity (Wildman–Crippen MR) is 128 cm³/mol. The Bertz CT molecular complexity index is 1080. The third kappa shape index (κ3) is 9.35. The lowest BCUT2D eigenvalue weighted by Crippen LogP contribution is -2.60. The van der Waals surface area contributed by atoms with Gasteiger partial charge < -0.3 is 42.0 Å². The minimum absolute atomic E-state index is 0.0576. The fourth-order valence-electron chi connectivity index (χ4n) is 3.36. The summed E-state index contributed by atoms with van der Waals surface area (Å²) >= 11 is 0. The van der Waals surface area contributed by atoms with Gasteiger partial charge in [-0.1, -0.05) is 30.3 Å².